The van der Waals surface area contributed by atoms with E-state index in [-0.39, 0.29) is 17.9 Å². The van der Waals surface area contributed by atoms with Crippen LogP contribution >= 0.6 is 0 Å². The fourth-order valence-electron chi connectivity index (χ4n) is 8.15. The van der Waals surface area contributed by atoms with Crippen molar-refractivity contribution in [1.82, 2.24) is 30.2 Å². The predicted octanol–water partition coefficient (Wildman–Crippen LogP) is 5.87. The van der Waals surface area contributed by atoms with Crippen LogP contribution in [0.1, 0.15) is 73.1 Å². The molecule has 4 heterocycles. The minimum absolute atomic E-state index is 0.00472. The molecule has 4 aromatic rings. The van der Waals surface area contributed by atoms with Crippen molar-refractivity contribution in [3.8, 4) is 6.07 Å². The van der Waals surface area contributed by atoms with E-state index in [1.807, 2.05) is 47.2 Å². The number of amides is 3. The number of fused-ring (bicyclic) bond motifs is 2. The Morgan fingerprint density at radius 1 is 0.915 bits per heavy atom. The van der Waals surface area contributed by atoms with Gasteiger partial charge in [0.15, 0.2) is 0 Å². The van der Waals surface area contributed by atoms with Gasteiger partial charge in [-0.3, -0.25) is 9.89 Å². The Bertz CT molecular complexity index is 1790. The molecule has 0 spiro atoms. The van der Waals surface area contributed by atoms with E-state index in [1.165, 1.54) is 32.4 Å². The maximum absolute atomic E-state index is 14.1. The Balaban J connectivity index is 1.04. The lowest BCUT2D eigenvalue weighted by atomic mass is 9.85. The van der Waals surface area contributed by atoms with E-state index in [9.17, 15) is 14.9 Å². The van der Waals surface area contributed by atoms with Crippen LogP contribution < -0.4 is 5.32 Å². The molecule has 0 bridgehead atoms. The van der Waals surface area contributed by atoms with Gasteiger partial charge in [0.05, 0.1) is 23.3 Å². The van der Waals surface area contributed by atoms with Gasteiger partial charge < -0.3 is 20.0 Å². The summed E-state index contributed by atoms with van der Waals surface area (Å²) in [5, 5.41) is 23.5. The lowest BCUT2D eigenvalue weighted by molar-refractivity contribution is -0.134. The van der Waals surface area contributed by atoms with E-state index in [0.29, 0.717) is 31.1 Å². The number of hydrogen-bond donors (Lipinski definition) is 2. The summed E-state index contributed by atoms with van der Waals surface area (Å²) in [6, 6.07) is 18.5. The van der Waals surface area contributed by atoms with Gasteiger partial charge in [-0.1, -0.05) is 36.8 Å². The zero-order valence-electron chi connectivity index (χ0n) is 27.4. The summed E-state index contributed by atoms with van der Waals surface area (Å²) in [7, 11) is 0. The topological polar surface area (TPSA) is 108 Å². The van der Waals surface area contributed by atoms with Crippen molar-refractivity contribution in [1.29, 1.82) is 5.26 Å². The van der Waals surface area contributed by atoms with Crippen LogP contribution in [0.5, 0.6) is 0 Å². The molecule has 244 valence electrons. The second-order valence-corrected chi connectivity index (χ2v) is 13.8. The second-order valence-electron chi connectivity index (χ2n) is 13.8. The van der Waals surface area contributed by atoms with Crippen LogP contribution in [-0.4, -0.2) is 88.2 Å². The van der Waals surface area contributed by atoms with Crippen LogP contribution in [0.3, 0.4) is 0 Å². The Morgan fingerprint density at radius 2 is 1.62 bits per heavy atom. The molecule has 0 unspecified atom stereocenters. The van der Waals surface area contributed by atoms with Crippen molar-refractivity contribution in [2.75, 3.05) is 39.3 Å². The third-order valence-corrected chi connectivity index (χ3v) is 10.8. The fraction of sp³-hybridized carbons (Fsp3) is 0.474. The Labute approximate surface area is 276 Å². The number of aryl methyl sites for hydroxylation is 1. The Hall–Kier alpha value is -4.42. The lowest BCUT2D eigenvalue weighted by Crippen LogP contribution is -2.56. The van der Waals surface area contributed by atoms with E-state index in [0.717, 1.165) is 77.1 Å². The smallest absolute Gasteiger partial charge is 0.318 e. The normalized spacial score (nSPS) is 19.1. The van der Waals surface area contributed by atoms with E-state index in [4.69, 9.17) is 0 Å². The predicted molar refractivity (Wildman–Crippen MR) is 184 cm³/mol. The zero-order valence-corrected chi connectivity index (χ0v) is 27.4. The molecule has 3 aromatic carbocycles. The molecule has 3 aliphatic rings. The summed E-state index contributed by atoms with van der Waals surface area (Å²) in [4.78, 5) is 34.4. The van der Waals surface area contributed by atoms with Crippen molar-refractivity contribution in [2.45, 2.75) is 76.3 Å². The molecule has 9 nitrogen and oxygen atoms in total. The first kappa shape index (κ1) is 31.2. The fourth-order valence-corrected chi connectivity index (χ4v) is 8.15. The highest BCUT2D eigenvalue weighted by Gasteiger charge is 2.34. The number of likely N-dealkylation sites (tertiary alicyclic amines) is 3. The van der Waals surface area contributed by atoms with Crippen molar-refractivity contribution in [3.05, 3.63) is 77.0 Å². The summed E-state index contributed by atoms with van der Waals surface area (Å²) in [6.45, 7) is 7.00. The number of urea groups is 1. The average molecular weight is 632 g/mol. The van der Waals surface area contributed by atoms with Crippen LogP contribution in [0.2, 0.25) is 0 Å². The number of nitrogens with one attached hydrogen (secondary N) is 2. The second kappa shape index (κ2) is 13.7. The lowest BCUT2D eigenvalue weighted by Gasteiger charge is -2.41. The molecule has 9 heteroatoms. The molecule has 0 radical (unpaired) electrons. The highest BCUT2D eigenvalue weighted by atomic mass is 16.2. The minimum Gasteiger partial charge on any atom is -0.341 e. The molecule has 47 heavy (non-hydrogen) atoms. The number of nitriles is 1. The standard InChI is InChI=1S/C38H45N7O2/c1-26-19-27(20-32-25-40-42-36(26)32)21-35(37(46)44-17-11-33(12-18-44)43-13-5-2-6-14-43)41-38(47)45-15-9-28(10-16-45)34-23-30-8-4-3-7-29(30)22-31(34)24-39/h3-4,7-8,19-20,22-23,25,28,33,35H,2,5-6,9-18,21H2,1H3,(H,40,42)(H,41,47)/t35-/m1/s1. The number of carbonyl (C=O) groups is 2. The Morgan fingerprint density at radius 3 is 2.34 bits per heavy atom. The van der Waals surface area contributed by atoms with Crippen LogP contribution in [0.25, 0.3) is 21.7 Å². The van der Waals surface area contributed by atoms with Gasteiger partial charge in [-0.25, -0.2) is 4.79 Å². The van der Waals surface area contributed by atoms with Gasteiger partial charge in [-0.05, 0) is 110 Å². The highest BCUT2D eigenvalue weighted by Crippen LogP contribution is 2.33. The first-order valence-electron chi connectivity index (χ1n) is 17.4. The number of aromatic amines is 1. The van der Waals surface area contributed by atoms with Gasteiger partial charge in [-0.15, -0.1) is 0 Å². The average Bonchev–Trinajstić information content (AvgIpc) is 3.60. The summed E-state index contributed by atoms with van der Waals surface area (Å²) in [6.07, 6.45) is 9.63. The van der Waals surface area contributed by atoms with E-state index in [1.54, 1.807) is 0 Å². The number of aromatic nitrogens is 2. The zero-order chi connectivity index (χ0) is 32.3. The SMILES string of the molecule is Cc1cc(C[C@@H](NC(=O)N2CCC(c3cc4ccccc4cc3C#N)CC2)C(=O)N2CCC(N3CCCCC3)CC2)cc2cn[nH]c12. The maximum atomic E-state index is 14.1. The number of hydrogen-bond acceptors (Lipinski definition) is 5. The van der Waals surface area contributed by atoms with Gasteiger partial charge in [0.1, 0.15) is 6.04 Å². The molecule has 3 aliphatic heterocycles. The maximum Gasteiger partial charge on any atom is 0.318 e. The van der Waals surface area contributed by atoms with Crippen LogP contribution in [0.4, 0.5) is 4.79 Å². The van der Waals surface area contributed by atoms with Crippen LogP contribution in [0, 0.1) is 18.3 Å². The number of rotatable bonds is 6. The van der Waals surface area contributed by atoms with Crippen LogP contribution in [0.15, 0.2) is 54.7 Å². The van der Waals surface area contributed by atoms with Crippen molar-refractivity contribution < 1.29 is 9.59 Å². The van der Waals surface area contributed by atoms with E-state index in [2.05, 4.69) is 50.7 Å². The molecule has 0 aliphatic carbocycles. The molecule has 1 aromatic heterocycles. The molecule has 0 saturated carbocycles. The number of benzene rings is 3. The quantitative estimate of drug-likeness (QED) is 0.277. The van der Waals surface area contributed by atoms with Gasteiger partial charge in [0, 0.05) is 44.0 Å². The third-order valence-electron chi connectivity index (χ3n) is 10.8. The largest absolute Gasteiger partial charge is 0.341 e. The van der Waals surface area contributed by atoms with Crippen molar-refractivity contribution in [2.24, 2.45) is 0 Å². The molecule has 3 saturated heterocycles. The van der Waals surface area contributed by atoms with Gasteiger partial charge in [-0.2, -0.15) is 10.4 Å². The Kier molecular flexibility index (Phi) is 9.12. The number of piperidine rings is 3. The first-order valence-corrected chi connectivity index (χ1v) is 17.4. The third kappa shape index (κ3) is 6.70. The summed E-state index contributed by atoms with van der Waals surface area (Å²) < 4.78 is 0. The first-order chi connectivity index (χ1) is 23.0. The molecular weight excluding hydrogens is 586 g/mol. The van der Waals surface area contributed by atoms with Crippen molar-refractivity contribution >= 4 is 33.6 Å². The highest BCUT2D eigenvalue weighted by molar-refractivity contribution is 5.88. The molecule has 7 rings (SSSR count). The molecular formula is C38H45N7O2. The number of nitrogens with zero attached hydrogens (tertiary/aromatic N) is 5. The summed E-state index contributed by atoms with van der Waals surface area (Å²) >= 11 is 0. The van der Waals surface area contributed by atoms with Gasteiger partial charge >= 0.3 is 6.03 Å². The van der Waals surface area contributed by atoms with Crippen molar-refractivity contribution in [3.63, 3.8) is 0 Å². The van der Waals surface area contributed by atoms with Crippen LogP contribution in [-0.2, 0) is 11.2 Å². The molecule has 2 N–H and O–H groups in total. The number of H-pyrrole nitrogens is 1. The summed E-state index contributed by atoms with van der Waals surface area (Å²) in [5.74, 6) is 0.215. The number of carbonyl (C=O) groups excluding carboxylic acids is 2. The van der Waals surface area contributed by atoms with E-state index >= 15 is 0 Å². The molecule has 1 atom stereocenters. The molecule has 3 fully saturated rings. The monoisotopic (exact) mass is 631 g/mol. The molecule has 3 amide bonds. The van der Waals surface area contributed by atoms with E-state index < -0.39 is 6.04 Å². The summed E-state index contributed by atoms with van der Waals surface area (Å²) in [5.41, 5.74) is 4.86. The minimum atomic E-state index is -0.652. The van der Waals surface area contributed by atoms with Gasteiger partial charge in [0.25, 0.3) is 0 Å². The van der Waals surface area contributed by atoms with Gasteiger partial charge in [0.2, 0.25) is 5.91 Å².